The van der Waals surface area contributed by atoms with Gasteiger partial charge in [0.15, 0.2) is 0 Å². The number of carbonyl (C=O) groups is 2. The lowest BCUT2D eigenvalue weighted by molar-refractivity contribution is -0.131. The fraction of sp³-hybridized carbons (Fsp3) is 0.368. The topological polar surface area (TPSA) is 49.4 Å². The molecule has 4 nitrogen and oxygen atoms in total. The van der Waals surface area contributed by atoms with E-state index in [0.717, 1.165) is 11.3 Å². The molecule has 1 atom stereocenters. The molecule has 0 saturated carbocycles. The molecule has 126 valence electrons. The third-order valence-corrected chi connectivity index (χ3v) is 5.60. The molecule has 3 rings (SSSR count). The van der Waals surface area contributed by atoms with Gasteiger partial charge in [-0.25, -0.2) is 0 Å². The minimum atomic E-state index is -0.124. The zero-order valence-electron chi connectivity index (χ0n) is 14.0. The van der Waals surface area contributed by atoms with E-state index in [1.807, 2.05) is 36.7 Å². The lowest BCUT2D eigenvalue weighted by atomic mass is 9.89. The second-order valence-electron chi connectivity index (χ2n) is 6.36. The fourth-order valence-electron chi connectivity index (χ4n) is 3.00. The first-order valence-corrected chi connectivity index (χ1v) is 9.08. The quantitative estimate of drug-likeness (QED) is 0.902. The summed E-state index contributed by atoms with van der Waals surface area (Å²) in [5.41, 5.74) is 3.27. The summed E-state index contributed by atoms with van der Waals surface area (Å²) in [4.78, 5) is 27.6. The van der Waals surface area contributed by atoms with Gasteiger partial charge < -0.3 is 10.2 Å². The molecule has 1 aromatic carbocycles. The Labute approximate surface area is 146 Å². The Kier molecular flexibility index (Phi) is 5.00. The fourth-order valence-corrected chi connectivity index (χ4v) is 3.96. The van der Waals surface area contributed by atoms with E-state index >= 15 is 0 Å². The average Bonchev–Trinajstić information content (AvgIpc) is 2.97. The number of anilines is 1. The maximum absolute atomic E-state index is 12.4. The summed E-state index contributed by atoms with van der Waals surface area (Å²) in [6.45, 7) is 2.70. The normalized spacial score (nSPS) is 16.4. The molecule has 2 aromatic rings. The van der Waals surface area contributed by atoms with Crippen LogP contribution in [-0.2, 0) is 22.6 Å². The van der Waals surface area contributed by atoms with Crippen molar-refractivity contribution in [2.75, 3.05) is 12.4 Å². The van der Waals surface area contributed by atoms with Gasteiger partial charge in [0.1, 0.15) is 0 Å². The molecule has 0 spiro atoms. The van der Waals surface area contributed by atoms with Gasteiger partial charge >= 0.3 is 0 Å². The van der Waals surface area contributed by atoms with Crippen molar-refractivity contribution < 1.29 is 9.59 Å². The second kappa shape index (κ2) is 7.18. The van der Waals surface area contributed by atoms with Gasteiger partial charge in [0.2, 0.25) is 11.8 Å². The molecule has 1 unspecified atom stereocenters. The molecule has 1 aliphatic rings. The van der Waals surface area contributed by atoms with Crippen LogP contribution in [-0.4, -0.2) is 23.8 Å². The lowest BCUT2D eigenvalue weighted by Crippen LogP contribution is -2.32. The van der Waals surface area contributed by atoms with Crippen LogP contribution in [0, 0.1) is 12.8 Å². The van der Waals surface area contributed by atoms with E-state index < -0.39 is 0 Å². The SMILES string of the molecule is Cc1ccsc1CN(C)C(=O)CCC1Cc2ccccc2NC1=O. The maximum atomic E-state index is 12.4. The van der Waals surface area contributed by atoms with E-state index in [9.17, 15) is 9.59 Å². The van der Waals surface area contributed by atoms with E-state index in [2.05, 4.69) is 18.3 Å². The van der Waals surface area contributed by atoms with E-state index in [4.69, 9.17) is 0 Å². The first-order valence-electron chi connectivity index (χ1n) is 8.20. The van der Waals surface area contributed by atoms with Gasteiger partial charge in [-0.3, -0.25) is 9.59 Å². The van der Waals surface area contributed by atoms with E-state index in [1.54, 1.807) is 16.2 Å². The largest absolute Gasteiger partial charge is 0.341 e. The zero-order valence-corrected chi connectivity index (χ0v) is 14.9. The highest BCUT2D eigenvalue weighted by Gasteiger charge is 2.26. The summed E-state index contributed by atoms with van der Waals surface area (Å²) >= 11 is 1.68. The maximum Gasteiger partial charge on any atom is 0.227 e. The molecule has 5 heteroatoms. The number of amides is 2. The Balaban J connectivity index is 1.54. The number of hydrogen-bond donors (Lipinski definition) is 1. The number of nitrogens with one attached hydrogen (secondary N) is 1. The molecule has 1 N–H and O–H groups in total. The Hall–Kier alpha value is -2.14. The minimum absolute atomic E-state index is 0.0262. The first kappa shape index (κ1) is 16.7. The summed E-state index contributed by atoms with van der Waals surface area (Å²) in [6.07, 6.45) is 1.71. The third kappa shape index (κ3) is 3.67. The molecule has 1 aromatic heterocycles. The van der Waals surface area contributed by atoms with Crippen LogP contribution in [0.25, 0.3) is 0 Å². The van der Waals surface area contributed by atoms with Crippen molar-refractivity contribution in [3.63, 3.8) is 0 Å². The molecule has 0 saturated heterocycles. The molecule has 1 aliphatic heterocycles. The van der Waals surface area contributed by atoms with Crippen molar-refractivity contribution >= 4 is 28.8 Å². The molecule has 2 amide bonds. The van der Waals surface area contributed by atoms with Crippen LogP contribution in [0.15, 0.2) is 35.7 Å². The molecule has 2 heterocycles. The highest BCUT2D eigenvalue weighted by atomic mass is 32.1. The van der Waals surface area contributed by atoms with Crippen molar-refractivity contribution in [2.24, 2.45) is 5.92 Å². The predicted molar refractivity (Wildman–Crippen MR) is 97.0 cm³/mol. The Morgan fingerprint density at radius 3 is 2.88 bits per heavy atom. The molecule has 0 bridgehead atoms. The van der Waals surface area contributed by atoms with Crippen molar-refractivity contribution in [3.05, 3.63) is 51.7 Å². The number of carbonyl (C=O) groups excluding carboxylic acids is 2. The number of para-hydroxylation sites is 1. The monoisotopic (exact) mass is 342 g/mol. The molecule has 0 aliphatic carbocycles. The number of thiophene rings is 1. The number of hydrogen-bond acceptors (Lipinski definition) is 3. The highest BCUT2D eigenvalue weighted by molar-refractivity contribution is 7.10. The minimum Gasteiger partial charge on any atom is -0.341 e. The van der Waals surface area contributed by atoms with Crippen LogP contribution in [0.3, 0.4) is 0 Å². The number of rotatable bonds is 5. The van der Waals surface area contributed by atoms with E-state index in [-0.39, 0.29) is 17.7 Å². The summed E-state index contributed by atoms with van der Waals surface area (Å²) in [5.74, 6) is -0.00608. The highest BCUT2D eigenvalue weighted by Crippen LogP contribution is 2.27. The van der Waals surface area contributed by atoms with Crippen LogP contribution in [0.1, 0.15) is 28.8 Å². The van der Waals surface area contributed by atoms with Crippen molar-refractivity contribution in [1.82, 2.24) is 4.90 Å². The van der Waals surface area contributed by atoms with E-state index in [1.165, 1.54) is 10.4 Å². The number of fused-ring (bicyclic) bond motifs is 1. The van der Waals surface area contributed by atoms with Gasteiger partial charge in [-0.15, -0.1) is 11.3 Å². The molecule has 0 fully saturated rings. The van der Waals surface area contributed by atoms with E-state index in [0.29, 0.717) is 25.8 Å². The smallest absolute Gasteiger partial charge is 0.227 e. The Morgan fingerprint density at radius 1 is 1.33 bits per heavy atom. The number of aryl methyl sites for hydroxylation is 1. The molecule has 0 radical (unpaired) electrons. The summed E-state index contributed by atoms with van der Waals surface area (Å²) < 4.78 is 0. The van der Waals surface area contributed by atoms with Gasteiger partial charge in [0.05, 0.1) is 6.54 Å². The van der Waals surface area contributed by atoms with Gasteiger partial charge in [-0.05, 0) is 48.4 Å². The van der Waals surface area contributed by atoms with Gasteiger partial charge in [0, 0.05) is 30.0 Å². The van der Waals surface area contributed by atoms with Gasteiger partial charge in [-0.2, -0.15) is 0 Å². The summed E-state index contributed by atoms with van der Waals surface area (Å²) in [6, 6.07) is 9.93. The number of benzene rings is 1. The third-order valence-electron chi connectivity index (χ3n) is 4.59. The van der Waals surface area contributed by atoms with Crippen LogP contribution in [0.2, 0.25) is 0 Å². The van der Waals surface area contributed by atoms with Crippen molar-refractivity contribution in [1.29, 1.82) is 0 Å². The predicted octanol–water partition coefficient (Wildman–Crippen LogP) is 3.61. The molecule has 24 heavy (non-hydrogen) atoms. The molecular formula is C19H22N2O2S. The first-order chi connectivity index (χ1) is 11.5. The van der Waals surface area contributed by atoms with Crippen LogP contribution in [0.5, 0.6) is 0 Å². The Morgan fingerprint density at radius 2 is 2.12 bits per heavy atom. The van der Waals surface area contributed by atoms with Crippen LogP contribution < -0.4 is 5.32 Å². The lowest BCUT2D eigenvalue weighted by Gasteiger charge is -2.25. The summed E-state index contributed by atoms with van der Waals surface area (Å²) in [7, 11) is 1.83. The molecular weight excluding hydrogens is 320 g/mol. The van der Waals surface area contributed by atoms with Gasteiger partial charge in [-0.1, -0.05) is 18.2 Å². The summed E-state index contributed by atoms with van der Waals surface area (Å²) in [5, 5.41) is 4.99. The van der Waals surface area contributed by atoms with Crippen LogP contribution >= 0.6 is 11.3 Å². The second-order valence-corrected chi connectivity index (χ2v) is 7.36. The average molecular weight is 342 g/mol. The van der Waals surface area contributed by atoms with Crippen molar-refractivity contribution in [2.45, 2.75) is 32.7 Å². The number of nitrogens with zero attached hydrogens (tertiary/aromatic N) is 1. The zero-order chi connectivity index (χ0) is 17.1. The van der Waals surface area contributed by atoms with Crippen LogP contribution in [0.4, 0.5) is 5.69 Å². The van der Waals surface area contributed by atoms with Gasteiger partial charge in [0.25, 0.3) is 0 Å². The Bertz CT molecular complexity index is 753. The standard InChI is InChI=1S/C19H22N2O2S/c1-13-9-10-24-17(13)12-21(2)18(22)8-7-15-11-14-5-3-4-6-16(14)20-19(15)23/h3-6,9-10,15H,7-8,11-12H2,1-2H3,(H,20,23). The van der Waals surface area contributed by atoms with Crippen molar-refractivity contribution in [3.8, 4) is 0 Å².